The molecule has 0 radical (unpaired) electrons. The van der Waals surface area contributed by atoms with Gasteiger partial charge in [0.05, 0.1) is 0 Å². The highest BCUT2D eigenvalue weighted by molar-refractivity contribution is 6.01. The van der Waals surface area contributed by atoms with Gasteiger partial charge in [-0.25, -0.2) is 0 Å². The van der Waals surface area contributed by atoms with E-state index in [1.165, 1.54) is 0 Å². The van der Waals surface area contributed by atoms with E-state index in [2.05, 4.69) is 13.5 Å². The van der Waals surface area contributed by atoms with Crippen LogP contribution in [0, 0.1) is 28.6 Å². The first-order valence-electron chi connectivity index (χ1n) is 11.3. The minimum absolute atomic E-state index is 0.0172. The molecule has 1 aromatic carbocycles. The molecule has 3 fully saturated rings. The Bertz CT molecular complexity index is 1020. The standard InChI is InChI=1S/C27H30O4/c1-17(31-20-7-5-4-6-8-20)27(30)14-12-22-21-10-9-18-15-19(28)11-13-25(18,2)24(21)23(29)16-26(22,27)3/h4-8,11,13,15,21-22,24,30H,1,9-10,12,14,16H2,2-3H3/t21-,22-,24+,25-,26-,27-/m0/s1. The Hall–Kier alpha value is -2.46. The van der Waals surface area contributed by atoms with Gasteiger partial charge < -0.3 is 9.84 Å². The molecule has 5 rings (SSSR count). The lowest BCUT2D eigenvalue weighted by Crippen LogP contribution is -2.58. The maximum Gasteiger partial charge on any atom is 0.178 e. The van der Waals surface area contributed by atoms with Crippen molar-refractivity contribution in [1.29, 1.82) is 0 Å². The zero-order valence-corrected chi connectivity index (χ0v) is 18.3. The van der Waals surface area contributed by atoms with Crippen LogP contribution in [0.5, 0.6) is 5.75 Å². The molecule has 4 heteroatoms. The number of ketones is 2. The van der Waals surface area contributed by atoms with Crippen molar-refractivity contribution in [3.8, 4) is 5.75 Å². The summed E-state index contributed by atoms with van der Waals surface area (Å²) in [5.74, 6) is 1.43. The number of allylic oxidation sites excluding steroid dienone is 4. The number of fused-ring (bicyclic) bond motifs is 5. The number of hydrogen-bond acceptors (Lipinski definition) is 4. The second-order valence-corrected chi connectivity index (χ2v) is 10.3. The number of carbonyl (C=O) groups is 2. The lowest BCUT2D eigenvalue weighted by molar-refractivity contribution is -0.154. The SMILES string of the molecule is C=C(Oc1ccccc1)[C@@]1(O)CC[C@H]2[C@@H]3CCC4=CC(=O)C=C[C@]4(C)[C@H]3C(=O)C[C@@]21C. The van der Waals surface area contributed by atoms with Gasteiger partial charge in [-0.3, -0.25) is 9.59 Å². The van der Waals surface area contributed by atoms with E-state index >= 15 is 0 Å². The van der Waals surface area contributed by atoms with Gasteiger partial charge in [0.15, 0.2) is 5.78 Å². The maximum absolute atomic E-state index is 13.7. The predicted octanol–water partition coefficient (Wildman–Crippen LogP) is 4.80. The van der Waals surface area contributed by atoms with Gasteiger partial charge in [-0.05, 0) is 61.8 Å². The second kappa shape index (κ2) is 6.77. The van der Waals surface area contributed by atoms with Crippen molar-refractivity contribution < 1.29 is 19.4 Å². The lowest BCUT2D eigenvalue weighted by atomic mass is 9.47. The predicted molar refractivity (Wildman–Crippen MR) is 118 cm³/mol. The molecule has 3 saturated carbocycles. The summed E-state index contributed by atoms with van der Waals surface area (Å²) in [7, 11) is 0. The van der Waals surface area contributed by atoms with Crippen molar-refractivity contribution in [1.82, 2.24) is 0 Å². The molecule has 6 atom stereocenters. The van der Waals surface area contributed by atoms with Crippen molar-refractivity contribution in [3.05, 3.63) is 66.5 Å². The molecule has 0 spiro atoms. The molecule has 0 amide bonds. The quantitative estimate of drug-likeness (QED) is 0.717. The summed E-state index contributed by atoms with van der Waals surface area (Å²) in [6.45, 7) is 8.27. The summed E-state index contributed by atoms with van der Waals surface area (Å²) >= 11 is 0. The zero-order chi connectivity index (χ0) is 22.0. The number of carbonyl (C=O) groups excluding carboxylic acids is 2. The first kappa shape index (κ1) is 20.4. The summed E-state index contributed by atoms with van der Waals surface area (Å²) < 4.78 is 5.99. The number of benzene rings is 1. The summed E-state index contributed by atoms with van der Waals surface area (Å²) in [4.78, 5) is 25.6. The highest BCUT2D eigenvalue weighted by Gasteiger charge is 2.67. The minimum Gasteiger partial charge on any atom is -0.459 e. The fourth-order valence-corrected chi connectivity index (χ4v) is 7.21. The van der Waals surface area contributed by atoms with Gasteiger partial charge in [0.1, 0.15) is 22.9 Å². The van der Waals surface area contributed by atoms with Gasteiger partial charge in [0.2, 0.25) is 0 Å². The molecular formula is C27H30O4. The number of rotatable bonds is 3. The molecule has 4 aliphatic carbocycles. The number of ether oxygens (including phenoxy) is 1. The van der Waals surface area contributed by atoms with Gasteiger partial charge in [0, 0.05) is 23.2 Å². The zero-order valence-electron chi connectivity index (χ0n) is 18.3. The van der Waals surface area contributed by atoms with Crippen molar-refractivity contribution >= 4 is 11.6 Å². The van der Waals surface area contributed by atoms with Gasteiger partial charge >= 0.3 is 0 Å². The van der Waals surface area contributed by atoms with Crippen LogP contribution in [0.3, 0.4) is 0 Å². The van der Waals surface area contributed by atoms with E-state index in [-0.39, 0.29) is 29.3 Å². The minimum atomic E-state index is -1.25. The van der Waals surface area contributed by atoms with E-state index in [9.17, 15) is 14.7 Å². The fraction of sp³-hybridized carbons (Fsp3) is 0.481. The van der Waals surface area contributed by atoms with Crippen LogP contribution in [0.15, 0.2) is 66.5 Å². The second-order valence-electron chi connectivity index (χ2n) is 10.3. The first-order valence-corrected chi connectivity index (χ1v) is 11.3. The Balaban J connectivity index is 1.48. The van der Waals surface area contributed by atoms with Crippen LogP contribution in [0.2, 0.25) is 0 Å². The fourth-order valence-electron chi connectivity index (χ4n) is 7.21. The summed E-state index contributed by atoms with van der Waals surface area (Å²) in [5.41, 5.74) is -1.16. The van der Waals surface area contributed by atoms with Crippen LogP contribution >= 0.6 is 0 Å². The summed E-state index contributed by atoms with van der Waals surface area (Å²) in [6.07, 6.45) is 8.71. The molecule has 0 heterocycles. The summed E-state index contributed by atoms with van der Waals surface area (Å²) in [6, 6.07) is 9.38. The third-order valence-corrected chi connectivity index (χ3v) is 8.85. The van der Waals surface area contributed by atoms with Crippen molar-refractivity contribution in [2.24, 2.45) is 28.6 Å². The molecule has 0 bridgehead atoms. The van der Waals surface area contributed by atoms with Gasteiger partial charge in [-0.1, -0.05) is 50.3 Å². The third kappa shape index (κ3) is 2.77. The van der Waals surface area contributed by atoms with E-state index < -0.39 is 16.4 Å². The molecular weight excluding hydrogens is 388 g/mol. The van der Waals surface area contributed by atoms with E-state index in [0.29, 0.717) is 24.4 Å². The molecule has 0 saturated heterocycles. The number of aliphatic hydroxyl groups is 1. The number of para-hydroxylation sites is 1. The number of hydrogen-bond donors (Lipinski definition) is 1. The molecule has 0 aliphatic heterocycles. The smallest absolute Gasteiger partial charge is 0.178 e. The Labute approximate surface area is 183 Å². The number of Topliss-reactive ketones (excluding diaryl/α,β-unsaturated/α-hetero) is 1. The van der Waals surface area contributed by atoms with Gasteiger partial charge in [0.25, 0.3) is 0 Å². The Morgan fingerprint density at radius 1 is 1.16 bits per heavy atom. The Kier molecular flexibility index (Phi) is 4.46. The molecule has 31 heavy (non-hydrogen) atoms. The largest absolute Gasteiger partial charge is 0.459 e. The molecule has 0 aromatic heterocycles. The third-order valence-electron chi connectivity index (χ3n) is 8.85. The highest BCUT2D eigenvalue weighted by Crippen LogP contribution is 2.67. The Morgan fingerprint density at radius 2 is 1.90 bits per heavy atom. The van der Waals surface area contributed by atoms with Crippen molar-refractivity contribution in [2.75, 3.05) is 0 Å². The van der Waals surface area contributed by atoms with Crippen molar-refractivity contribution in [3.63, 3.8) is 0 Å². The van der Waals surface area contributed by atoms with Crippen LogP contribution in [-0.4, -0.2) is 22.3 Å². The maximum atomic E-state index is 13.7. The highest BCUT2D eigenvalue weighted by atomic mass is 16.5. The van der Waals surface area contributed by atoms with Crippen LogP contribution < -0.4 is 4.74 Å². The van der Waals surface area contributed by atoms with E-state index in [1.54, 1.807) is 12.2 Å². The topological polar surface area (TPSA) is 63.6 Å². The molecule has 4 aliphatic rings. The average molecular weight is 419 g/mol. The van der Waals surface area contributed by atoms with Crippen LogP contribution in [-0.2, 0) is 9.59 Å². The van der Waals surface area contributed by atoms with Gasteiger partial charge in [-0.15, -0.1) is 0 Å². The van der Waals surface area contributed by atoms with E-state index in [1.807, 2.05) is 43.3 Å². The first-order chi connectivity index (χ1) is 14.7. The van der Waals surface area contributed by atoms with Crippen molar-refractivity contribution in [2.45, 2.75) is 51.6 Å². The van der Waals surface area contributed by atoms with E-state index in [0.717, 1.165) is 24.8 Å². The van der Waals surface area contributed by atoms with E-state index in [4.69, 9.17) is 4.74 Å². The molecule has 4 nitrogen and oxygen atoms in total. The lowest BCUT2D eigenvalue weighted by Gasteiger charge is -2.57. The van der Waals surface area contributed by atoms with Crippen LogP contribution in [0.25, 0.3) is 0 Å². The molecule has 1 aromatic rings. The monoisotopic (exact) mass is 418 g/mol. The van der Waals surface area contributed by atoms with Gasteiger partial charge in [-0.2, -0.15) is 0 Å². The molecule has 162 valence electrons. The Morgan fingerprint density at radius 3 is 2.65 bits per heavy atom. The molecule has 1 N–H and O–H groups in total. The van der Waals surface area contributed by atoms with Crippen LogP contribution in [0.1, 0.15) is 46.0 Å². The summed E-state index contributed by atoms with van der Waals surface area (Å²) in [5, 5.41) is 11.9. The normalized spacial score (nSPS) is 41.1. The van der Waals surface area contributed by atoms with Crippen LogP contribution in [0.4, 0.5) is 0 Å². The average Bonchev–Trinajstić information content (AvgIpc) is 3.00. The molecule has 0 unspecified atom stereocenters.